The second kappa shape index (κ2) is 3.95. The van der Waals surface area contributed by atoms with Crippen LogP contribution < -0.4 is 0 Å². The Morgan fingerprint density at radius 2 is 1.86 bits per heavy atom. The molecule has 0 bridgehead atoms. The molecule has 0 saturated carbocycles. The summed E-state index contributed by atoms with van der Waals surface area (Å²) >= 11 is 0. The number of aliphatic imine (C=N–C) groups is 1. The molecule has 0 spiro atoms. The van der Waals surface area contributed by atoms with Crippen molar-refractivity contribution in [3.8, 4) is 0 Å². The van der Waals surface area contributed by atoms with Crippen molar-refractivity contribution in [3.63, 3.8) is 0 Å². The highest BCUT2D eigenvalue weighted by Crippen LogP contribution is 2.28. The zero-order valence-electron chi connectivity index (χ0n) is 9.76. The maximum Gasteiger partial charge on any atom is 0.0657 e. The maximum atomic E-state index is 4.36. The van der Waals surface area contributed by atoms with Gasteiger partial charge in [0.15, 0.2) is 0 Å². The molecule has 0 heterocycles. The summed E-state index contributed by atoms with van der Waals surface area (Å²) in [7, 11) is 0. The molecule has 14 heavy (non-hydrogen) atoms. The second-order valence-corrected chi connectivity index (χ2v) is 4.64. The lowest BCUT2D eigenvalue weighted by Crippen LogP contribution is -2.10. The molecule has 1 rings (SSSR count). The number of hydrogen-bond donors (Lipinski definition) is 0. The van der Waals surface area contributed by atoms with E-state index in [2.05, 4.69) is 50.9 Å². The Labute approximate surface area is 86.9 Å². The molecular weight excluding hydrogens is 170 g/mol. The zero-order valence-corrected chi connectivity index (χ0v) is 9.76. The Bertz CT molecular complexity index is 343. The predicted molar refractivity (Wildman–Crippen MR) is 63.7 cm³/mol. The van der Waals surface area contributed by atoms with Gasteiger partial charge in [-0.15, -0.1) is 0 Å². The van der Waals surface area contributed by atoms with Crippen molar-refractivity contribution in [1.82, 2.24) is 0 Å². The van der Waals surface area contributed by atoms with Crippen molar-refractivity contribution in [2.45, 2.75) is 40.0 Å². The number of rotatable bonds is 1. The molecule has 1 heteroatoms. The van der Waals surface area contributed by atoms with Crippen molar-refractivity contribution in [3.05, 3.63) is 29.3 Å². The van der Waals surface area contributed by atoms with Crippen molar-refractivity contribution < 1.29 is 0 Å². The Morgan fingerprint density at radius 3 is 2.36 bits per heavy atom. The second-order valence-electron chi connectivity index (χ2n) is 4.64. The molecule has 0 saturated heterocycles. The van der Waals surface area contributed by atoms with Gasteiger partial charge in [0, 0.05) is 6.21 Å². The third kappa shape index (κ3) is 2.44. The minimum atomic E-state index is 0.200. The fraction of sp³-hybridized carbons (Fsp3) is 0.462. The van der Waals surface area contributed by atoms with E-state index >= 15 is 0 Å². The van der Waals surface area contributed by atoms with E-state index in [9.17, 15) is 0 Å². The first-order chi connectivity index (χ1) is 6.45. The van der Waals surface area contributed by atoms with Gasteiger partial charge in [0.05, 0.1) is 5.69 Å². The Balaban J connectivity index is 3.19. The van der Waals surface area contributed by atoms with Gasteiger partial charge in [-0.3, -0.25) is 4.99 Å². The van der Waals surface area contributed by atoms with E-state index in [1.807, 2.05) is 13.1 Å². The highest BCUT2D eigenvalue weighted by atomic mass is 14.7. The van der Waals surface area contributed by atoms with E-state index in [-0.39, 0.29) is 5.41 Å². The fourth-order valence-electron chi connectivity index (χ4n) is 1.35. The van der Waals surface area contributed by atoms with Crippen LogP contribution in [0.4, 0.5) is 5.69 Å². The molecule has 0 radical (unpaired) electrons. The first-order valence-electron chi connectivity index (χ1n) is 5.05. The summed E-state index contributed by atoms with van der Waals surface area (Å²) < 4.78 is 0. The van der Waals surface area contributed by atoms with Crippen LogP contribution in [0.5, 0.6) is 0 Å². The van der Waals surface area contributed by atoms with Gasteiger partial charge < -0.3 is 0 Å². The first kappa shape index (κ1) is 11.0. The van der Waals surface area contributed by atoms with Crippen LogP contribution in [0, 0.1) is 6.92 Å². The summed E-state index contributed by atoms with van der Waals surface area (Å²) in [6, 6.07) is 6.50. The van der Waals surface area contributed by atoms with Crippen LogP contribution in [0.3, 0.4) is 0 Å². The van der Waals surface area contributed by atoms with E-state index in [4.69, 9.17) is 0 Å². The summed E-state index contributed by atoms with van der Waals surface area (Å²) in [5, 5.41) is 0. The van der Waals surface area contributed by atoms with E-state index in [0.29, 0.717) is 0 Å². The Kier molecular flexibility index (Phi) is 3.10. The standard InChI is InChI=1S/C13H19N/c1-6-14-12-9-11(13(3,4)5)8-7-10(12)2/h6-9H,1-5H3. The highest BCUT2D eigenvalue weighted by Gasteiger charge is 2.14. The summed E-state index contributed by atoms with van der Waals surface area (Å²) in [5.41, 5.74) is 3.85. The normalized spacial score (nSPS) is 12.4. The van der Waals surface area contributed by atoms with Crippen LogP contribution in [0.25, 0.3) is 0 Å². The zero-order chi connectivity index (χ0) is 10.8. The SMILES string of the molecule is CC=Nc1cc(C(C)(C)C)ccc1C. The lowest BCUT2D eigenvalue weighted by atomic mass is 9.86. The van der Waals surface area contributed by atoms with E-state index in [1.54, 1.807) is 0 Å². The molecule has 76 valence electrons. The van der Waals surface area contributed by atoms with E-state index in [0.717, 1.165) is 5.69 Å². The topological polar surface area (TPSA) is 12.4 Å². The van der Waals surface area contributed by atoms with Crippen LogP contribution in [0.1, 0.15) is 38.8 Å². The highest BCUT2D eigenvalue weighted by molar-refractivity contribution is 5.63. The molecule has 0 atom stereocenters. The number of nitrogens with zero attached hydrogens (tertiary/aromatic N) is 1. The van der Waals surface area contributed by atoms with Crippen molar-refractivity contribution >= 4 is 11.9 Å². The summed E-state index contributed by atoms with van der Waals surface area (Å²) in [6.07, 6.45) is 1.84. The molecule has 0 unspecified atom stereocenters. The molecule has 0 aromatic heterocycles. The average molecular weight is 189 g/mol. The van der Waals surface area contributed by atoms with Gasteiger partial charge in [-0.05, 0) is 36.5 Å². The molecule has 1 nitrogen and oxygen atoms in total. The van der Waals surface area contributed by atoms with Crippen LogP contribution in [-0.2, 0) is 5.41 Å². The quantitative estimate of drug-likeness (QED) is 0.592. The van der Waals surface area contributed by atoms with Crippen LogP contribution >= 0.6 is 0 Å². The molecular formula is C13H19N. The van der Waals surface area contributed by atoms with Crippen molar-refractivity contribution in [2.24, 2.45) is 4.99 Å². The van der Waals surface area contributed by atoms with Gasteiger partial charge in [0.25, 0.3) is 0 Å². The smallest absolute Gasteiger partial charge is 0.0657 e. The lowest BCUT2D eigenvalue weighted by molar-refractivity contribution is 0.590. The Hall–Kier alpha value is -1.11. The number of benzene rings is 1. The fourth-order valence-corrected chi connectivity index (χ4v) is 1.35. The number of aryl methyl sites for hydroxylation is 1. The van der Waals surface area contributed by atoms with E-state index in [1.165, 1.54) is 11.1 Å². The van der Waals surface area contributed by atoms with E-state index < -0.39 is 0 Å². The minimum Gasteiger partial charge on any atom is -0.261 e. The van der Waals surface area contributed by atoms with Gasteiger partial charge in [-0.25, -0.2) is 0 Å². The molecule has 1 aromatic carbocycles. The maximum absolute atomic E-state index is 4.36. The minimum absolute atomic E-state index is 0.200. The first-order valence-corrected chi connectivity index (χ1v) is 5.05. The summed E-state index contributed by atoms with van der Waals surface area (Å²) in [4.78, 5) is 4.36. The van der Waals surface area contributed by atoms with Crippen molar-refractivity contribution in [1.29, 1.82) is 0 Å². The lowest BCUT2D eigenvalue weighted by Gasteiger charge is -2.19. The summed E-state index contributed by atoms with van der Waals surface area (Å²) in [6.45, 7) is 10.7. The van der Waals surface area contributed by atoms with Crippen LogP contribution in [-0.4, -0.2) is 6.21 Å². The monoisotopic (exact) mass is 189 g/mol. The molecule has 0 aliphatic rings. The van der Waals surface area contributed by atoms with Gasteiger partial charge in [0.2, 0.25) is 0 Å². The molecule has 0 N–H and O–H groups in total. The third-order valence-corrected chi connectivity index (χ3v) is 2.34. The van der Waals surface area contributed by atoms with Gasteiger partial charge >= 0.3 is 0 Å². The molecule has 0 aliphatic heterocycles. The molecule has 0 aliphatic carbocycles. The molecule has 0 amide bonds. The van der Waals surface area contributed by atoms with Gasteiger partial charge in [-0.2, -0.15) is 0 Å². The molecule has 0 fully saturated rings. The third-order valence-electron chi connectivity index (χ3n) is 2.34. The van der Waals surface area contributed by atoms with Gasteiger partial charge in [-0.1, -0.05) is 32.9 Å². The number of hydrogen-bond acceptors (Lipinski definition) is 1. The Morgan fingerprint density at radius 1 is 1.21 bits per heavy atom. The van der Waals surface area contributed by atoms with Crippen LogP contribution in [0.2, 0.25) is 0 Å². The van der Waals surface area contributed by atoms with Crippen LogP contribution in [0.15, 0.2) is 23.2 Å². The van der Waals surface area contributed by atoms with Crippen molar-refractivity contribution in [2.75, 3.05) is 0 Å². The summed E-state index contributed by atoms with van der Waals surface area (Å²) in [5.74, 6) is 0. The molecule has 1 aromatic rings. The average Bonchev–Trinajstić information content (AvgIpc) is 2.07. The van der Waals surface area contributed by atoms with Gasteiger partial charge in [0.1, 0.15) is 0 Å². The largest absolute Gasteiger partial charge is 0.261 e. The predicted octanol–water partition coefficient (Wildman–Crippen LogP) is 4.01.